The van der Waals surface area contributed by atoms with Crippen LogP contribution in [0.4, 0.5) is 4.39 Å². The number of rotatable bonds is 6. The first-order valence-electron chi connectivity index (χ1n) is 8.41. The van der Waals surface area contributed by atoms with Gasteiger partial charge in [-0.15, -0.1) is 0 Å². The largest absolute Gasteiger partial charge is 0.380 e. The first kappa shape index (κ1) is 20.9. The van der Waals surface area contributed by atoms with Crippen molar-refractivity contribution in [3.8, 4) is 0 Å². The van der Waals surface area contributed by atoms with E-state index in [0.717, 1.165) is 11.1 Å². The molecular formula is C21H24Cl2FNO. The van der Waals surface area contributed by atoms with Crippen LogP contribution in [0.1, 0.15) is 25.0 Å². The molecule has 0 saturated carbocycles. The maximum Gasteiger partial charge on any atom is 0.123 e. The number of nitrogens with zero attached hydrogens (tertiary/aromatic N) is 1. The summed E-state index contributed by atoms with van der Waals surface area (Å²) in [6.07, 6.45) is 1.86. The monoisotopic (exact) mass is 395 g/mol. The first-order valence-corrected chi connectivity index (χ1v) is 9.17. The third-order valence-electron chi connectivity index (χ3n) is 4.55. The van der Waals surface area contributed by atoms with Crippen molar-refractivity contribution in [2.24, 2.45) is 5.92 Å². The summed E-state index contributed by atoms with van der Waals surface area (Å²) in [6, 6.07) is 11.3. The minimum absolute atomic E-state index is 0.145. The zero-order valence-corrected chi connectivity index (χ0v) is 16.9. The van der Waals surface area contributed by atoms with Gasteiger partial charge in [0.15, 0.2) is 0 Å². The van der Waals surface area contributed by atoms with Gasteiger partial charge in [-0.25, -0.2) is 4.39 Å². The topological polar surface area (TPSA) is 23.5 Å². The van der Waals surface area contributed by atoms with Crippen molar-refractivity contribution in [2.45, 2.75) is 19.4 Å². The summed E-state index contributed by atoms with van der Waals surface area (Å²) >= 11 is 12.5. The van der Waals surface area contributed by atoms with Gasteiger partial charge in [0.25, 0.3) is 0 Å². The molecule has 2 aromatic carbocycles. The molecule has 2 aromatic rings. The van der Waals surface area contributed by atoms with Gasteiger partial charge >= 0.3 is 0 Å². The van der Waals surface area contributed by atoms with Gasteiger partial charge in [-0.1, -0.05) is 54.4 Å². The second kappa shape index (κ2) is 8.53. The molecule has 2 rings (SSSR count). The summed E-state index contributed by atoms with van der Waals surface area (Å²) < 4.78 is 13.2. The lowest BCUT2D eigenvalue weighted by Gasteiger charge is -2.38. The van der Waals surface area contributed by atoms with Crippen molar-refractivity contribution in [1.82, 2.24) is 4.90 Å². The maximum atomic E-state index is 13.2. The fraction of sp³-hybridized carbons (Fsp3) is 0.333. The van der Waals surface area contributed by atoms with E-state index in [1.807, 2.05) is 38.9 Å². The Balaban J connectivity index is 2.57. The predicted molar refractivity (Wildman–Crippen MR) is 108 cm³/mol. The van der Waals surface area contributed by atoms with E-state index in [-0.39, 0.29) is 11.7 Å². The summed E-state index contributed by atoms with van der Waals surface area (Å²) in [5, 5.41) is 12.7. The van der Waals surface area contributed by atoms with Crippen LogP contribution in [0.15, 0.2) is 48.0 Å². The quantitative estimate of drug-likeness (QED) is 0.685. The van der Waals surface area contributed by atoms with Crippen LogP contribution in [-0.2, 0) is 5.60 Å². The Bertz CT molecular complexity index is 789. The van der Waals surface area contributed by atoms with Gasteiger partial charge in [0.2, 0.25) is 0 Å². The van der Waals surface area contributed by atoms with Gasteiger partial charge in [0.05, 0.1) is 0 Å². The summed E-state index contributed by atoms with van der Waals surface area (Å²) in [7, 11) is 3.92. The summed E-state index contributed by atoms with van der Waals surface area (Å²) in [4.78, 5) is 2.02. The third-order valence-corrected chi connectivity index (χ3v) is 5.10. The molecular weight excluding hydrogens is 372 g/mol. The average molecular weight is 396 g/mol. The van der Waals surface area contributed by atoms with Crippen LogP contribution in [0.25, 0.3) is 6.08 Å². The van der Waals surface area contributed by atoms with Gasteiger partial charge in [-0.2, -0.15) is 0 Å². The van der Waals surface area contributed by atoms with E-state index in [9.17, 15) is 9.50 Å². The van der Waals surface area contributed by atoms with E-state index in [1.165, 1.54) is 12.1 Å². The zero-order chi connectivity index (χ0) is 19.5. The van der Waals surface area contributed by atoms with E-state index >= 15 is 0 Å². The molecule has 5 heteroatoms. The Hall–Kier alpha value is -1.39. The van der Waals surface area contributed by atoms with Gasteiger partial charge in [0, 0.05) is 28.1 Å². The van der Waals surface area contributed by atoms with Crippen molar-refractivity contribution < 1.29 is 9.50 Å². The highest BCUT2D eigenvalue weighted by molar-refractivity contribution is 6.35. The van der Waals surface area contributed by atoms with Gasteiger partial charge in [-0.05, 0) is 56.4 Å². The summed E-state index contributed by atoms with van der Waals surface area (Å²) in [5.41, 5.74) is 0.848. The van der Waals surface area contributed by atoms with E-state index in [0.29, 0.717) is 22.2 Å². The molecule has 0 aliphatic heterocycles. The zero-order valence-electron chi connectivity index (χ0n) is 15.4. The molecule has 0 amide bonds. The molecule has 0 radical (unpaired) electrons. The Labute approximate surface area is 164 Å². The molecule has 0 aliphatic rings. The molecule has 1 N–H and O–H groups in total. The second-order valence-corrected chi connectivity index (χ2v) is 7.78. The SMILES string of the molecule is CC(=Cc1ccc(F)cc1)C(O)(c1ccc(Cl)cc1Cl)C(C)CN(C)C. The molecule has 0 aromatic heterocycles. The van der Waals surface area contributed by atoms with E-state index < -0.39 is 5.60 Å². The first-order chi connectivity index (χ1) is 12.1. The Morgan fingerprint density at radius 3 is 2.35 bits per heavy atom. The van der Waals surface area contributed by atoms with Crippen LogP contribution in [0.2, 0.25) is 10.0 Å². The number of benzene rings is 2. The Morgan fingerprint density at radius 2 is 1.81 bits per heavy atom. The lowest BCUT2D eigenvalue weighted by atomic mass is 9.76. The lowest BCUT2D eigenvalue weighted by molar-refractivity contribution is 0.0106. The number of hydrogen-bond acceptors (Lipinski definition) is 2. The lowest BCUT2D eigenvalue weighted by Crippen LogP contribution is -2.40. The molecule has 0 bridgehead atoms. The highest BCUT2D eigenvalue weighted by atomic mass is 35.5. The van der Waals surface area contributed by atoms with Crippen LogP contribution in [0.3, 0.4) is 0 Å². The van der Waals surface area contributed by atoms with E-state index in [2.05, 4.69) is 0 Å². The van der Waals surface area contributed by atoms with Crippen molar-refractivity contribution in [3.63, 3.8) is 0 Å². The summed E-state index contributed by atoms with van der Waals surface area (Å²) in [6.45, 7) is 4.50. The molecule has 0 saturated heterocycles. The number of aliphatic hydroxyl groups is 1. The van der Waals surface area contributed by atoms with Crippen LogP contribution in [0, 0.1) is 11.7 Å². The van der Waals surface area contributed by atoms with Crippen molar-refractivity contribution in [1.29, 1.82) is 0 Å². The van der Waals surface area contributed by atoms with Crippen LogP contribution in [0.5, 0.6) is 0 Å². The normalized spacial score (nSPS) is 15.8. The molecule has 0 aliphatic carbocycles. The van der Waals surface area contributed by atoms with Crippen LogP contribution in [-0.4, -0.2) is 30.6 Å². The number of halogens is 3. The molecule has 0 fully saturated rings. The minimum atomic E-state index is -1.29. The van der Waals surface area contributed by atoms with E-state index in [1.54, 1.807) is 30.3 Å². The van der Waals surface area contributed by atoms with Gasteiger partial charge < -0.3 is 10.0 Å². The van der Waals surface area contributed by atoms with E-state index in [4.69, 9.17) is 23.2 Å². The predicted octanol–water partition coefficient (Wildman–Crippen LogP) is 5.62. The van der Waals surface area contributed by atoms with Crippen molar-refractivity contribution in [2.75, 3.05) is 20.6 Å². The highest BCUT2D eigenvalue weighted by Crippen LogP contribution is 2.42. The molecule has 26 heavy (non-hydrogen) atoms. The molecule has 0 spiro atoms. The molecule has 140 valence electrons. The molecule has 2 nitrogen and oxygen atoms in total. The van der Waals surface area contributed by atoms with Crippen LogP contribution >= 0.6 is 23.2 Å². The molecule has 0 heterocycles. The number of hydrogen-bond donors (Lipinski definition) is 1. The highest BCUT2D eigenvalue weighted by Gasteiger charge is 2.39. The fourth-order valence-corrected chi connectivity index (χ4v) is 3.82. The maximum absolute atomic E-state index is 13.2. The van der Waals surface area contributed by atoms with Gasteiger partial charge in [0.1, 0.15) is 11.4 Å². The Kier molecular flexibility index (Phi) is 6.86. The minimum Gasteiger partial charge on any atom is -0.380 e. The Morgan fingerprint density at radius 1 is 1.19 bits per heavy atom. The molecule has 2 unspecified atom stereocenters. The average Bonchev–Trinajstić information content (AvgIpc) is 2.55. The van der Waals surface area contributed by atoms with Crippen molar-refractivity contribution in [3.05, 3.63) is 75.0 Å². The molecule has 2 atom stereocenters. The smallest absolute Gasteiger partial charge is 0.123 e. The standard InChI is InChI=1S/C21H24Cl2FNO/c1-14(11-16-5-8-18(24)9-6-16)21(26,15(2)13-25(3)4)19-10-7-17(22)12-20(19)23/h5-12,15,26H,13H2,1-4H3. The fourth-order valence-electron chi connectivity index (χ4n) is 3.26. The second-order valence-electron chi connectivity index (χ2n) is 6.93. The third kappa shape index (κ3) is 4.66. The van der Waals surface area contributed by atoms with Crippen LogP contribution < -0.4 is 0 Å². The van der Waals surface area contributed by atoms with Gasteiger partial charge in [-0.3, -0.25) is 0 Å². The summed E-state index contributed by atoms with van der Waals surface area (Å²) in [5.74, 6) is -0.440. The van der Waals surface area contributed by atoms with Crippen molar-refractivity contribution >= 4 is 29.3 Å².